The highest BCUT2D eigenvalue weighted by Crippen LogP contribution is 2.21. The van der Waals surface area contributed by atoms with E-state index >= 15 is 0 Å². The molecule has 0 aliphatic carbocycles. The van der Waals surface area contributed by atoms with E-state index in [2.05, 4.69) is 28.5 Å². The van der Waals surface area contributed by atoms with Crippen LogP contribution in [0.5, 0.6) is 0 Å². The molecule has 0 atom stereocenters. The van der Waals surface area contributed by atoms with Crippen LogP contribution in [0.15, 0.2) is 41.4 Å². The molecule has 1 aromatic heterocycles. The molecule has 0 bridgehead atoms. The lowest BCUT2D eigenvalue weighted by molar-refractivity contribution is 0.494. The number of nitrogens with one attached hydrogen (secondary N) is 1. The first-order chi connectivity index (χ1) is 11.5. The minimum Gasteiger partial charge on any atom is -0.242 e. The monoisotopic (exact) mass is 347 g/mol. The average molecular weight is 347 g/mol. The first kappa shape index (κ1) is 18.5. The Kier molecular flexibility index (Phi) is 6.45. The molecule has 0 saturated carbocycles. The third kappa shape index (κ3) is 4.85. The molecule has 1 N–H and O–H groups in total. The Morgan fingerprint density at radius 2 is 1.83 bits per heavy atom. The summed E-state index contributed by atoms with van der Waals surface area (Å²) in [6.45, 7) is 5.94. The van der Waals surface area contributed by atoms with E-state index in [0.29, 0.717) is 5.82 Å². The second-order valence-corrected chi connectivity index (χ2v) is 7.63. The molecule has 2 aromatic rings. The molecule has 0 saturated heterocycles. The topological polar surface area (TPSA) is 72.0 Å². The molecular formula is C18H25N3O2S. The molecule has 1 aromatic carbocycles. The summed E-state index contributed by atoms with van der Waals surface area (Å²) in [5.41, 5.74) is 1.49. The van der Waals surface area contributed by atoms with E-state index in [4.69, 9.17) is 0 Å². The normalized spacial score (nSPS) is 11.8. The van der Waals surface area contributed by atoms with Crippen LogP contribution in [0.4, 0.5) is 0 Å². The van der Waals surface area contributed by atoms with Gasteiger partial charge in [0.25, 0.3) is 0 Å². The van der Waals surface area contributed by atoms with Crippen molar-refractivity contribution in [2.45, 2.75) is 57.4 Å². The number of sulfonamides is 1. The minimum absolute atomic E-state index is 0.0186. The van der Waals surface area contributed by atoms with Crippen molar-refractivity contribution in [3.05, 3.63) is 42.4 Å². The zero-order valence-electron chi connectivity index (χ0n) is 14.5. The largest absolute Gasteiger partial charge is 0.242 e. The number of rotatable bonds is 8. The minimum atomic E-state index is -3.54. The number of hydrogen-bond acceptors (Lipinski definition) is 4. The van der Waals surface area contributed by atoms with Gasteiger partial charge in [-0.15, -0.1) is 0 Å². The van der Waals surface area contributed by atoms with Gasteiger partial charge in [0.1, 0.15) is 5.82 Å². The molecule has 24 heavy (non-hydrogen) atoms. The summed E-state index contributed by atoms with van der Waals surface area (Å²) in [5, 5.41) is 0. The predicted molar refractivity (Wildman–Crippen MR) is 96.1 cm³/mol. The Bertz CT molecular complexity index is 769. The van der Waals surface area contributed by atoms with Crippen LogP contribution in [0.25, 0.3) is 11.3 Å². The SMILES string of the molecule is CCCC(CCC)NS(=O)(=O)c1cccc(-c2ccnc(C)n2)c1. The lowest BCUT2D eigenvalue weighted by atomic mass is 10.1. The molecule has 0 spiro atoms. The van der Waals surface area contributed by atoms with Gasteiger partial charge in [-0.1, -0.05) is 38.8 Å². The van der Waals surface area contributed by atoms with Gasteiger partial charge >= 0.3 is 0 Å². The van der Waals surface area contributed by atoms with Crippen LogP contribution < -0.4 is 4.72 Å². The Morgan fingerprint density at radius 3 is 2.46 bits per heavy atom. The number of aryl methyl sites for hydroxylation is 1. The van der Waals surface area contributed by atoms with Crippen LogP contribution in [0.3, 0.4) is 0 Å². The molecule has 1 heterocycles. The maximum atomic E-state index is 12.7. The average Bonchev–Trinajstić information content (AvgIpc) is 2.55. The van der Waals surface area contributed by atoms with E-state index in [0.717, 1.165) is 36.9 Å². The first-order valence-corrected chi connectivity index (χ1v) is 9.87. The van der Waals surface area contributed by atoms with Gasteiger partial charge < -0.3 is 0 Å². The van der Waals surface area contributed by atoms with Gasteiger partial charge in [-0.05, 0) is 38.0 Å². The lowest BCUT2D eigenvalue weighted by Gasteiger charge is -2.17. The maximum Gasteiger partial charge on any atom is 0.240 e. The van der Waals surface area contributed by atoms with Crippen molar-refractivity contribution in [1.29, 1.82) is 0 Å². The second kappa shape index (κ2) is 8.35. The first-order valence-electron chi connectivity index (χ1n) is 8.38. The van der Waals surface area contributed by atoms with Gasteiger partial charge in [0.2, 0.25) is 10.0 Å². The van der Waals surface area contributed by atoms with Crippen LogP contribution in [0.2, 0.25) is 0 Å². The molecule has 130 valence electrons. The number of hydrogen-bond donors (Lipinski definition) is 1. The summed E-state index contributed by atoms with van der Waals surface area (Å²) >= 11 is 0. The van der Waals surface area contributed by atoms with E-state index in [-0.39, 0.29) is 10.9 Å². The smallest absolute Gasteiger partial charge is 0.240 e. The molecule has 6 heteroatoms. The third-order valence-electron chi connectivity index (χ3n) is 3.81. The molecule has 0 unspecified atom stereocenters. The van der Waals surface area contributed by atoms with E-state index < -0.39 is 10.0 Å². The van der Waals surface area contributed by atoms with Gasteiger partial charge in [0, 0.05) is 17.8 Å². The zero-order valence-corrected chi connectivity index (χ0v) is 15.3. The molecule has 0 aliphatic heterocycles. The Hall–Kier alpha value is -1.79. The van der Waals surface area contributed by atoms with Gasteiger partial charge in [-0.3, -0.25) is 0 Å². The van der Waals surface area contributed by atoms with Crippen molar-refractivity contribution in [2.75, 3.05) is 0 Å². The standard InChI is InChI=1S/C18H25N3O2S/c1-4-7-16(8-5-2)21-24(22,23)17-10-6-9-15(13-17)18-11-12-19-14(3)20-18/h6,9-13,16,21H,4-5,7-8H2,1-3H3. The predicted octanol–water partition coefficient (Wildman–Crippen LogP) is 3.70. The van der Waals surface area contributed by atoms with Crippen LogP contribution in [0.1, 0.15) is 45.4 Å². The molecule has 0 amide bonds. The fourth-order valence-electron chi connectivity index (χ4n) is 2.69. The van der Waals surface area contributed by atoms with E-state index in [9.17, 15) is 8.42 Å². The Morgan fingerprint density at radius 1 is 1.12 bits per heavy atom. The van der Waals surface area contributed by atoms with Crippen LogP contribution in [-0.4, -0.2) is 24.4 Å². The van der Waals surface area contributed by atoms with Crippen molar-refractivity contribution in [1.82, 2.24) is 14.7 Å². The van der Waals surface area contributed by atoms with Crippen LogP contribution in [-0.2, 0) is 10.0 Å². The number of nitrogens with zero attached hydrogens (tertiary/aromatic N) is 2. The van der Waals surface area contributed by atoms with Gasteiger partial charge in [0.15, 0.2) is 0 Å². The fourth-order valence-corrected chi connectivity index (χ4v) is 4.04. The molecule has 0 fully saturated rings. The van der Waals surface area contributed by atoms with Gasteiger partial charge in [-0.25, -0.2) is 23.1 Å². The molecule has 0 aliphatic rings. The van der Waals surface area contributed by atoms with E-state index in [1.807, 2.05) is 13.0 Å². The quantitative estimate of drug-likeness (QED) is 0.790. The van der Waals surface area contributed by atoms with Crippen LogP contribution in [0, 0.1) is 6.92 Å². The molecule has 2 rings (SSSR count). The van der Waals surface area contributed by atoms with Crippen molar-refractivity contribution in [3.8, 4) is 11.3 Å². The maximum absolute atomic E-state index is 12.7. The summed E-state index contributed by atoms with van der Waals surface area (Å²) in [6.07, 6.45) is 5.27. The van der Waals surface area contributed by atoms with Crippen molar-refractivity contribution in [3.63, 3.8) is 0 Å². The second-order valence-electron chi connectivity index (χ2n) is 5.91. The van der Waals surface area contributed by atoms with Gasteiger partial charge in [0.05, 0.1) is 10.6 Å². The highest BCUT2D eigenvalue weighted by molar-refractivity contribution is 7.89. The summed E-state index contributed by atoms with van der Waals surface area (Å²) in [5.74, 6) is 0.657. The molecular weight excluding hydrogens is 322 g/mol. The van der Waals surface area contributed by atoms with E-state index in [1.54, 1.807) is 30.5 Å². The van der Waals surface area contributed by atoms with E-state index in [1.165, 1.54) is 0 Å². The van der Waals surface area contributed by atoms with Crippen LogP contribution >= 0.6 is 0 Å². The highest BCUT2D eigenvalue weighted by Gasteiger charge is 2.19. The Labute approximate surface area is 144 Å². The summed E-state index contributed by atoms with van der Waals surface area (Å²) < 4.78 is 28.2. The molecule has 5 nitrogen and oxygen atoms in total. The summed E-state index contributed by atoms with van der Waals surface area (Å²) in [4.78, 5) is 8.71. The summed E-state index contributed by atoms with van der Waals surface area (Å²) in [7, 11) is -3.54. The Balaban J connectivity index is 2.29. The van der Waals surface area contributed by atoms with Crippen molar-refractivity contribution >= 4 is 10.0 Å². The summed E-state index contributed by atoms with van der Waals surface area (Å²) in [6, 6.07) is 8.65. The fraction of sp³-hybridized carbons (Fsp3) is 0.444. The van der Waals surface area contributed by atoms with Crippen molar-refractivity contribution in [2.24, 2.45) is 0 Å². The lowest BCUT2D eigenvalue weighted by Crippen LogP contribution is -2.34. The van der Waals surface area contributed by atoms with Gasteiger partial charge in [-0.2, -0.15) is 0 Å². The van der Waals surface area contributed by atoms with Crippen molar-refractivity contribution < 1.29 is 8.42 Å². The number of benzene rings is 1. The zero-order chi connectivity index (χ0) is 17.6. The number of aromatic nitrogens is 2. The molecule has 0 radical (unpaired) electrons. The highest BCUT2D eigenvalue weighted by atomic mass is 32.2. The third-order valence-corrected chi connectivity index (χ3v) is 5.33.